The third-order valence-corrected chi connectivity index (χ3v) is 3.71. The van der Waals surface area contributed by atoms with Crippen molar-refractivity contribution in [3.8, 4) is 0 Å². The number of anilines is 1. The lowest BCUT2D eigenvalue weighted by atomic mass is 9.75. The van der Waals surface area contributed by atoms with Gasteiger partial charge in [-0.2, -0.15) is 0 Å². The van der Waals surface area contributed by atoms with Crippen molar-refractivity contribution in [1.82, 2.24) is 0 Å². The number of nitrogens with one attached hydrogen (secondary N) is 1. The first kappa shape index (κ1) is 13.8. The molecule has 19 heavy (non-hydrogen) atoms. The molecule has 1 aromatic rings. The molecule has 0 bridgehead atoms. The summed E-state index contributed by atoms with van der Waals surface area (Å²) in [5.41, 5.74) is 11.5. The minimum absolute atomic E-state index is 0.167. The molecule has 102 valence electrons. The summed E-state index contributed by atoms with van der Waals surface area (Å²) in [7, 11) is 0. The topological polar surface area (TPSA) is 98.2 Å². The van der Waals surface area contributed by atoms with Gasteiger partial charge < -0.3 is 16.8 Å². The quantitative estimate of drug-likeness (QED) is 0.782. The van der Waals surface area contributed by atoms with Gasteiger partial charge in [-0.15, -0.1) is 0 Å². The Kier molecular flexibility index (Phi) is 3.78. The lowest BCUT2D eigenvalue weighted by Crippen LogP contribution is -2.48. The van der Waals surface area contributed by atoms with Crippen LogP contribution >= 0.6 is 11.6 Å². The number of halogens is 1. The molecule has 5 N–H and O–H groups in total. The van der Waals surface area contributed by atoms with Crippen molar-refractivity contribution in [2.45, 2.75) is 31.2 Å². The number of hydrogen-bond acceptors (Lipinski definition) is 3. The van der Waals surface area contributed by atoms with Crippen LogP contribution in [0.2, 0.25) is 5.02 Å². The van der Waals surface area contributed by atoms with Gasteiger partial charge in [0.25, 0.3) is 0 Å². The Bertz CT molecular complexity index is 527. The summed E-state index contributed by atoms with van der Waals surface area (Å²) in [6.07, 6.45) is 3.08. The lowest BCUT2D eigenvalue weighted by molar-refractivity contribution is -0.118. The molecule has 0 saturated heterocycles. The van der Waals surface area contributed by atoms with Crippen LogP contribution in [-0.4, -0.2) is 17.4 Å². The molecule has 6 heteroatoms. The van der Waals surface area contributed by atoms with Gasteiger partial charge in [0.1, 0.15) is 0 Å². The number of primary amides is 1. The first-order chi connectivity index (χ1) is 8.89. The summed E-state index contributed by atoms with van der Waals surface area (Å²) in [5, 5.41) is 2.97. The molecule has 1 aliphatic carbocycles. The molecule has 5 nitrogen and oxygen atoms in total. The van der Waals surface area contributed by atoms with Crippen molar-refractivity contribution in [1.29, 1.82) is 0 Å². The Hall–Kier alpha value is -1.59. The van der Waals surface area contributed by atoms with E-state index in [0.717, 1.165) is 19.3 Å². The number of nitrogens with two attached hydrogens (primary N) is 2. The molecule has 2 amide bonds. The van der Waals surface area contributed by atoms with Gasteiger partial charge in [-0.1, -0.05) is 11.6 Å². The van der Waals surface area contributed by atoms with Crippen LogP contribution in [0.25, 0.3) is 0 Å². The van der Waals surface area contributed by atoms with Crippen LogP contribution in [0.15, 0.2) is 18.2 Å². The average molecular weight is 282 g/mol. The monoisotopic (exact) mass is 281 g/mol. The minimum Gasteiger partial charge on any atom is -0.366 e. The second-order valence-electron chi connectivity index (χ2n) is 5.00. The predicted molar refractivity (Wildman–Crippen MR) is 74.0 cm³/mol. The van der Waals surface area contributed by atoms with Crippen LogP contribution in [-0.2, 0) is 4.79 Å². The summed E-state index contributed by atoms with van der Waals surface area (Å²) < 4.78 is 0. The van der Waals surface area contributed by atoms with Crippen LogP contribution < -0.4 is 16.8 Å². The molecule has 0 atom stereocenters. The predicted octanol–water partition coefficient (Wildman–Crippen LogP) is 1.65. The second-order valence-corrected chi connectivity index (χ2v) is 5.41. The van der Waals surface area contributed by atoms with Crippen molar-refractivity contribution in [3.63, 3.8) is 0 Å². The molecule has 0 unspecified atom stereocenters. The molecule has 0 spiro atoms. The van der Waals surface area contributed by atoms with Gasteiger partial charge >= 0.3 is 0 Å². The third kappa shape index (κ3) is 3.24. The SMILES string of the molecule is NC(=O)c1cc(NC(=O)CC2(N)CCC2)ccc1Cl. The van der Waals surface area contributed by atoms with E-state index in [4.69, 9.17) is 23.1 Å². The standard InChI is InChI=1S/C13H16ClN3O2/c14-10-3-2-8(6-9(10)12(15)19)17-11(18)7-13(16)4-1-5-13/h2-3,6H,1,4-5,7,16H2,(H2,15,19)(H,17,18). The number of carbonyl (C=O) groups excluding carboxylic acids is 2. The number of hydrogen-bond donors (Lipinski definition) is 3. The van der Waals surface area contributed by atoms with Gasteiger partial charge in [-0.3, -0.25) is 9.59 Å². The van der Waals surface area contributed by atoms with Crippen LogP contribution in [0, 0.1) is 0 Å². The minimum atomic E-state index is -0.629. The van der Waals surface area contributed by atoms with Crippen molar-refractivity contribution < 1.29 is 9.59 Å². The van der Waals surface area contributed by atoms with Gasteiger partial charge in [-0.05, 0) is 37.5 Å². The zero-order valence-corrected chi connectivity index (χ0v) is 11.2. The Morgan fingerprint density at radius 1 is 1.37 bits per heavy atom. The summed E-state index contributed by atoms with van der Waals surface area (Å²) in [4.78, 5) is 23.0. The summed E-state index contributed by atoms with van der Waals surface area (Å²) in [6, 6.07) is 4.61. The van der Waals surface area contributed by atoms with Gasteiger partial charge in [-0.25, -0.2) is 0 Å². The number of rotatable bonds is 4. The van der Waals surface area contributed by atoms with E-state index in [0.29, 0.717) is 5.69 Å². The van der Waals surface area contributed by atoms with Gasteiger partial charge in [0, 0.05) is 17.6 Å². The van der Waals surface area contributed by atoms with Gasteiger partial charge in [0.05, 0.1) is 10.6 Å². The summed E-state index contributed by atoms with van der Waals surface area (Å²) in [5.74, 6) is -0.796. The Morgan fingerprint density at radius 3 is 2.58 bits per heavy atom. The molecular formula is C13H16ClN3O2. The van der Waals surface area contributed by atoms with Crippen molar-refractivity contribution in [3.05, 3.63) is 28.8 Å². The normalized spacial score (nSPS) is 16.5. The molecule has 0 aliphatic heterocycles. The molecule has 1 aliphatic rings. The lowest BCUT2D eigenvalue weighted by Gasteiger charge is -2.37. The van der Waals surface area contributed by atoms with Crippen molar-refractivity contribution in [2.75, 3.05) is 5.32 Å². The molecule has 0 aromatic heterocycles. The van der Waals surface area contributed by atoms with E-state index in [-0.39, 0.29) is 28.5 Å². The second kappa shape index (κ2) is 5.19. The fraction of sp³-hybridized carbons (Fsp3) is 0.385. The van der Waals surface area contributed by atoms with Crippen LogP contribution in [0.5, 0.6) is 0 Å². The summed E-state index contributed by atoms with van der Waals surface area (Å²) >= 11 is 5.83. The largest absolute Gasteiger partial charge is 0.366 e. The fourth-order valence-electron chi connectivity index (χ4n) is 2.12. The molecule has 2 rings (SSSR count). The van der Waals surface area contributed by atoms with Crippen LogP contribution in [0.1, 0.15) is 36.0 Å². The van der Waals surface area contributed by atoms with E-state index in [1.54, 1.807) is 6.07 Å². The highest BCUT2D eigenvalue weighted by Gasteiger charge is 2.34. The molecule has 1 fully saturated rings. The van der Waals surface area contributed by atoms with E-state index >= 15 is 0 Å². The molecule has 0 radical (unpaired) electrons. The number of amides is 2. The van der Waals surface area contributed by atoms with Gasteiger partial charge in [0.2, 0.25) is 11.8 Å². The highest BCUT2D eigenvalue weighted by Crippen LogP contribution is 2.32. The van der Waals surface area contributed by atoms with Crippen molar-refractivity contribution in [2.24, 2.45) is 11.5 Å². The number of carbonyl (C=O) groups is 2. The molecule has 0 heterocycles. The van der Waals surface area contributed by atoms with Gasteiger partial charge in [0.15, 0.2) is 0 Å². The van der Waals surface area contributed by atoms with E-state index < -0.39 is 5.91 Å². The zero-order chi connectivity index (χ0) is 14.0. The smallest absolute Gasteiger partial charge is 0.250 e. The van der Waals surface area contributed by atoms with Crippen LogP contribution in [0.3, 0.4) is 0 Å². The first-order valence-electron chi connectivity index (χ1n) is 6.08. The first-order valence-corrected chi connectivity index (χ1v) is 6.45. The van der Waals surface area contributed by atoms with E-state index in [1.165, 1.54) is 12.1 Å². The third-order valence-electron chi connectivity index (χ3n) is 3.38. The fourth-order valence-corrected chi connectivity index (χ4v) is 2.34. The Balaban J connectivity index is 2.04. The van der Waals surface area contributed by atoms with E-state index in [2.05, 4.69) is 5.32 Å². The van der Waals surface area contributed by atoms with Crippen molar-refractivity contribution >= 4 is 29.1 Å². The highest BCUT2D eigenvalue weighted by atomic mass is 35.5. The zero-order valence-electron chi connectivity index (χ0n) is 10.4. The maximum absolute atomic E-state index is 11.8. The highest BCUT2D eigenvalue weighted by molar-refractivity contribution is 6.33. The maximum Gasteiger partial charge on any atom is 0.250 e. The maximum atomic E-state index is 11.8. The molecule has 1 saturated carbocycles. The average Bonchev–Trinajstić information content (AvgIpc) is 2.29. The molecule has 1 aromatic carbocycles. The molecular weight excluding hydrogens is 266 g/mol. The van der Waals surface area contributed by atoms with E-state index in [1.807, 2.05) is 0 Å². The number of benzene rings is 1. The van der Waals surface area contributed by atoms with E-state index in [9.17, 15) is 9.59 Å². The summed E-state index contributed by atoms with van der Waals surface area (Å²) in [6.45, 7) is 0. The Morgan fingerprint density at radius 2 is 2.05 bits per heavy atom. The Labute approximate surface area is 116 Å². The van der Waals surface area contributed by atoms with Crippen LogP contribution in [0.4, 0.5) is 5.69 Å².